The molecule has 2 aliphatic heterocycles. The van der Waals surface area contributed by atoms with E-state index in [2.05, 4.69) is 14.9 Å². The Morgan fingerprint density at radius 1 is 1.32 bits per heavy atom. The van der Waals surface area contributed by atoms with Crippen LogP contribution in [0.2, 0.25) is 0 Å². The quantitative estimate of drug-likeness (QED) is 0.723. The number of sulfone groups is 1. The monoisotopic (exact) mass is 400 g/mol. The molecular formula is C15H20N4O3S3. The second-order valence-corrected chi connectivity index (χ2v) is 10.0. The van der Waals surface area contributed by atoms with Gasteiger partial charge in [0.05, 0.1) is 23.1 Å². The van der Waals surface area contributed by atoms with E-state index in [1.54, 1.807) is 16.0 Å². The Labute approximate surface area is 155 Å². The molecule has 0 radical (unpaired) electrons. The standard InChI is InChI=1S/C15H20N4O3S3/c20-25(21)9-3-12(10-25)18-6-4-17(5-7-18)11-19-15(23)22-14(16-19)13-2-1-8-24-13/h1-2,8,12H,3-7,9-11H2. The Hall–Kier alpha value is -1.07. The molecule has 7 nitrogen and oxygen atoms in total. The van der Waals surface area contributed by atoms with E-state index in [4.69, 9.17) is 16.6 Å². The fourth-order valence-corrected chi connectivity index (χ4v) is 6.00. The van der Waals surface area contributed by atoms with E-state index in [1.165, 1.54) is 0 Å². The van der Waals surface area contributed by atoms with E-state index in [0.29, 0.717) is 28.9 Å². The molecule has 2 fully saturated rings. The maximum absolute atomic E-state index is 11.7. The molecule has 1 atom stereocenters. The van der Waals surface area contributed by atoms with Gasteiger partial charge in [-0.05, 0) is 30.1 Å². The highest BCUT2D eigenvalue weighted by Crippen LogP contribution is 2.23. The zero-order valence-electron chi connectivity index (χ0n) is 13.7. The van der Waals surface area contributed by atoms with Crippen molar-refractivity contribution < 1.29 is 12.8 Å². The normalized spacial score (nSPS) is 24.7. The molecule has 0 aliphatic carbocycles. The van der Waals surface area contributed by atoms with Crippen LogP contribution in [0.15, 0.2) is 21.9 Å². The molecule has 2 aromatic rings. The Balaban J connectivity index is 1.35. The molecule has 4 heterocycles. The predicted molar refractivity (Wildman–Crippen MR) is 98.8 cm³/mol. The second-order valence-electron chi connectivity index (χ2n) is 6.50. The fraction of sp³-hybridized carbons (Fsp3) is 0.600. The van der Waals surface area contributed by atoms with Crippen molar-refractivity contribution in [3.8, 4) is 10.8 Å². The van der Waals surface area contributed by atoms with E-state index >= 15 is 0 Å². The summed E-state index contributed by atoms with van der Waals surface area (Å²) in [6, 6.07) is 4.11. The summed E-state index contributed by atoms with van der Waals surface area (Å²) in [6.07, 6.45) is 0.765. The van der Waals surface area contributed by atoms with Crippen LogP contribution in [0.1, 0.15) is 6.42 Å². The first-order chi connectivity index (χ1) is 12.0. The number of rotatable bonds is 4. The number of hydrogen-bond acceptors (Lipinski definition) is 8. The van der Waals surface area contributed by atoms with Crippen molar-refractivity contribution in [2.24, 2.45) is 0 Å². The van der Waals surface area contributed by atoms with Crippen LogP contribution in [0.4, 0.5) is 0 Å². The number of hydrogen-bond donors (Lipinski definition) is 0. The van der Waals surface area contributed by atoms with Crippen molar-refractivity contribution in [3.63, 3.8) is 0 Å². The fourth-order valence-electron chi connectivity index (χ4n) is 3.42. The Morgan fingerprint density at radius 3 is 2.76 bits per heavy atom. The van der Waals surface area contributed by atoms with Gasteiger partial charge in [0, 0.05) is 32.2 Å². The van der Waals surface area contributed by atoms with Crippen LogP contribution in [-0.4, -0.2) is 71.7 Å². The maximum atomic E-state index is 11.7. The molecule has 10 heteroatoms. The number of nitrogens with zero attached hydrogens (tertiary/aromatic N) is 4. The van der Waals surface area contributed by atoms with Gasteiger partial charge < -0.3 is 4.42 Å². The SMILES string of the molecule is O=S1(=O)CCC(N2CCN(Cn3nc(-c4cccs4)oc3=S)CC2)C1. The van der Waals surface area contributed by atoms with Crippen molar-refractivity contribution in [2.45, 2.75) is 19.1 Å². The van der Waals surface area contributed by atoms with Gasteiger partial charge in [0.15, 0.2) is 9.84 Å². The van der Waals surface area contributed by atoms with Gasteiger partial charge in [0.2, 0.25) is 0 Å². The van der Waals surface area contributed by atoms with Crippen molar-refractivity contribution in [3.05, 3.63) is 22.4 Å². The van der Waals surface area contributed by atoms with E-state index in [9.17, 15) is 8.42 Å². The Bertz CT molecular complexity index is 880. The summed E-state index contributed by atoms with van der Waals surface area (Å²) >= 11 is 6.86. The molecule has 0 spiro atoms. The zero-order chi connectivity index (χ0) is 17.4. The van der Waals surface area contributed by atoms with Crippen LogP contribution in [0.3, 0.4) is 0 Å². The van der Waals surface area contributed by atoms with Crippen LogP contribution < -0.4 is 0 Å². The number of thiophene rings is 1. The average Bonchev–Trinajstić information content (AvgIpc) is 3.29. The molecule has 1 unspecified atom stereocenters. The molecular weight excluding hydrogens is 380 g/mol. The van der Waals surface area contributed by atoms with E-state index in [0.717, 1.165) is 37.5 Å². The minimum absolute atomic E-state index is 0.187. The summed E-state index contributed by atoms with van der Waals surface area (Å²) in [5.74, 6) is 1.21. The van der Waals surface area contributed by atoms with Gasteiger partial charge in [-0.1, -0.05) is 6.07 Å². The third kappa shape index (κ3) is 3.87. The van der Waals surface area contributed by atoms with Crippen molar-refractivity contribution in [1.29, 1.82) is 0 Å². The van der Waals surface area contributed by atoms with Gasteiger partial charge in [-0.25, -0.2) is 13.1 Å². The first kappa shape index (κ1) is 17.3. The van der Waals surface area contributed by atoms with Gasteiger partial charge in [0.25, 0.3) is 10.7 Å². The van der Waals surface area contributed by atoms with Gasteiger partial charge >= 0.3 is 0 Å². The smallest absolute Gasteiger partial charge is 0.288 e. The minimum atomic E-state index is -2.83. The minimum Gasteiger partial charge on any atom is -0.408 e. The summed E-state index contributed by atoms with van der Waals surface area (Å²) < 4.78 is 30.6. The molecule has 2 saturated heterocycles. The van der Waals surface area contributed by atoms with Crippen molar-refractivity contribution in [1.82, 2.24) is 19.6 Å². The van der Waals surface area contributed by atoms with Gasteiger partial charge in [0.1, 0.15) is 0 Å². The molecule has 2 aromatic heterocycles. The van der Waals surface area contributed by atoms with Crippen LogP contribution >= 0.6 is 23.6 Å². The largest absolute Gasteiger partial charge is 0.408 e. The molecule has 0 aromatic carbocycles. The van der Waals surface area contributed by atoms with E-state index in [1.807, 2.05) is 17.5 Å². The lowest BCUT2D eigenvalue weighted by atomic mass is 10.2. The molecule has 0 bridgehead atoms. The highest BCUT2D eigenvalue weighted by atomic mass is 32.2. The predicted octanol–water partition coefficient (Wildman–Crippen LogP) is 1.70. The third-order valence-corrected chi connectivity index (χ3v) is 7.71. The Morgan fingerprint density at radius 2 is 2.12 bits per heavy atom. The third-order valence-electron chi connectivity index (χ3n) is 4.80. The van der Waals surface area contributed by atoms with Gasteiger partial charge in [-0.15, -0.1) is 16.4 Å². The first-order valence-corrected chi connectivity index (χ1v) is 11.4. The molecule has 0 N–H and O–H groups in total. The maximum Gasteiger partial charge on any atom is 0.288 e. The highest BCUT2D eigenvalue weighted by Gasteiger charge is 2.33. The second kappa shape index (κ2) is 6.92. The highest BCUT2D eigenvalue weighted by molar-refractivity contribution is 7.91. The van der Waals surface area contributed by atoms with Crippen LogP contribution in [-0.2, 0) is 16.5 Å². The summed E-state index contributed by atoms with van der Waals surface area (Å²) in [5.41, 5.74) is 0. The molecule has 2 aliphatic rings. The zero-order valence-corrected chi connectivity index (χ0v) is 16.2. The lowest BCUT2D eigenvalue weighted by Crippen LogP contribution is -2.50. The molecule has 0 saturated carbocycles. The summed E-state index contributed by atoms with van der Waals surface area (Å²) in [4.78, 5) is 5.93. The molecule has 25 heavy (non-hydrogen) atoms. The van der Waals surface area contributed by atoms with E-state index < -0.39 is 9.84 Å². The average molecular weight is 401 g/mol. The lowest BCUT2D eigenvalue weighted by molar-refractivity contribution is 0.0803. The summed E-state index contributed by atoms with van der Waals surface area (Å²) in [5, 5.41) is 6.47. The first-order valence-electron chi connectivity index (χ1n) is 8.29. The van der Waals surface area contributed by atoms with Gasteiger partial charge in [-0.3, -0.25) is 9.80 Å². The van der Waals surface area contributed by atoms with Crippen molar-refractivity contribution >= 4 is 33.4 Å². The number of piperazine rings is 1. The van der Waals surface area contributed by atoms with Crippen molar-refractivity contribution in [2.75, 3.05) is 37.7 Å². The van der Waals surface area contributed by atoms with Crippen LogP contribution in [0, 0.1) is 4.84 Å². The molecule has 136 valence electrons. The van der Waals surface area contributed by atoms with Gasteiger partial charge in [-0.2, -0.15) is 0 Å². The molecule has 4 rings (SSSR count). The van der Waals surface area contributed by atoms with Crippen LogP contribution in [0.5, 0.6) is 0 Å². The number of aromatic nitrogens is 2. The summed E-state index contributed by atoms with van der Waals surface area (Å²) in [7, 11) is -2.83. The van der Waals surface area contributed by atoms with Crippen LogP contribution in [0.25, 0.3) is 10.8 Å². The Kier molecular flexibility index (Phi) is 4.80. The molecule has 0 amide bonds. The lowest BCUT2D eigenvalue weighted by Gasteiger charge is -2.37. The van der Waals surface area contributed by atoms with E-state index in [-0.39, 0.29) is 6.04 Å². The summed E-state index contributed by atoms with van der Waals surface area (Å²) in [6.45, 7) is 4.11. The topological polar surface area (TPSA) is 71.6 Å².